The maximum absolute atomic E-state index is 12.8. The molecule has 0 aromatic heterocycles. The Morgan fingerprint density at radius 2 is 1.97 bits per heavy atom. The van der Waals surface area contributed by atoms with Crippen molar-refractivity contribution >= 4 is 5.78 Å². The molecule has 0 unspecified atom stereocenters. The summed E-state index contributed by atoms with van der Waals surface area (Å²) in [7, 11) is 0. The first-order chi connectivity index (χ1) is 15.1. The molecule has 5 rings (SSSR count). The highest BCUT2D eigenvalue weighted by atomic mass is 16.5. The molecule has 0 spiro atoms. The number of carbonyl (C=O) groups excluding carboxylic acids is 1. The molecule has 3 aliphatic rings. The Morgan fingerprint density at radius 1 is 1.13 bits per heavy atom. The summed E-state index contributed by atoms with van der Waals surface area (Å²) >= 11 is 0. The molecule has 2 aromatic carbocycles. The largest absolute Gasteiger partial charge is 0.515 e. The molecule has 1 N–H and O–H groups in total. The third-order valence-electron chi connectivity index (χ3n) is 8.23. The standard InChI is InChI=1S/C28H32O3/c1-28-13-11-24-23-9-7-19(12-14-31-18-20-5-3-2-4-6-20)15-21(23)8-10-25(24)26(28)16-22(17-29)27(28)30/h2-7,9,15,17,24-26,29H,8,10-14,16,18H2,1H3/t24-,25-,26+,28+/m1/s1. The number of carbonyl (C=O) groups is 1. The first-order valence-electron chi connectivity index (χ1n) is 11.7. The lowest BCUT2D eigenvalue weighted by Gasteiger charge is -2.48. The van der Waals surface area contributed by atoms with Gasteiger partial charge in [-0.25, -0.2) is 0 Å². The Bertz CT molecular complexity index is 993. The maximum atomic E-state index is 12.8. The van der Waals surface area contributed by atoms with E-state index < -0.39 is 0 Å². The normalized spacial score (nSPS) is 30.7. The van der Waals surface area contributed by atoms with E-state index in [0.29, 0.717) is 29.9 Å². The highest BCUT2D eigenvalue weighted by Crippen LogP contribution is 2.60. The second-order valence-electron chi connectivity index (χ2n) is 9.88. The molecule has 4 atom stereocenters. The first kappa shape index (κ1) is 20.5. The van der Waals surface area contributed by atoms with Gasteiger partial charge in [0.2, 0.25) is 0 Å². The highest BCUT2D eigenvalue weighted by molar-refractivity contribution is 6.02. The van der Waals surface area contributed by atoms with Crippen LogP contribution in [0.2, 0.25) is 0 Å². The van der Waals surface area contributed by atoms with E-state index in [9.17, 15) is 9.90 Å². The third-order valence-corrected chi connectivity index (χ3v) is 8.23. The van der Waals surface area contributed by atoms with Crippen molar-refractivity contribution in [3.8, 4) is 0 Å². The molecule has 0 aliphatic heterocycles. The molecule has 2 fully saturated rings. The molecule has 2 aromatic rings. The van der Waals surface area contributed by atoms with Gasteiger partial charge in [0.05, 0.1) is 19.5 Å². The Labute approximate surface area is 185 Å². The van der Waals surface area contributed by atoms with Crippen LogP contribution in [0.1, 0.15) is 60.8 Å². The first-order valence-corrected chi connectivity index (χ1v) is 11.7. The fourth-order valence-corrected chi connectivity index (χ4v) is 6.53. The number of ether oxygens (including phenoxy) is 1. The number of hydrogen-bond donors (Lipinski definition) is 1. The van der Waals surface area contributed by atoms with Gasteiger partial charge in [0.25, 0.3) is 0 Å². The molecule has 3 heteroatoms. The number of hydrogen-bond acceptors (Lipinski definition) is 3. The molecule has 3 aliphatic carbocycles. The lowest BCUT2D eigenvalue weighted by atomic mass is 9.55. The summed E-state index contributed by atoms with van der Waals surface area (Å²) in [5.74, 6) is 1.66. The van der Waals surface area contributed by atoms with Crippen LogP contribution in [-0.4, -0.2) is 17.5 Å². The summed E-state index contributed by atoms with van der Waals surface area (Å²) in [6.45, 7) is 3.54. The molecular weight excluding hydrogens is 384 g/mol. The summed E-state index contributed by atoms with van der Waals surface area (Å²) < 4.78 is 5.89. The molecule has 0 amide bonds. The molecule has 162 valence electrons. The van der Waals surface area contributed by atoms with E-state index in [4.69, 9.17) is 4.74 Å². The molecule has 0 radical (unpaired) electrons. The van der Waals surface area contributed by atoms with Crippen LogP contribution in [0.15, 0.2) is 60.4 Å². The van der Waals surface area contributed by atoms with Gasteiger partial charge in [-0.15, -0.1) is 0 Å². The number of aliphatic hydroxyl groups excluding tert-OH is 1. The quantitative estimate of drug-likeness (QED) is 0.374. The van der Waals surface area contributed by atoms with Crippen LogP contribution >= 0.6 is 0 Å². The number of aliphatic hydroxyl groups is 1. The lowest BCUT2D eigenvalue weighted by Crippen LogP contribution is -2.42. The Balaban J connectivity index is 1.25. The minimum absolute atomic E-state index is 0.190. The Hall–Kier alpha value is -2.39. The van der Waals surface area contributed by atoms with Gasteiger partial charge in [0, 0.05) is 11.0 Å². The summed E-state index contributed by atoms with van der Waals surface area (Å²) in [6.07, 6.45) is 7.02. The van der Waals surface area contributed by atoms with Crippen LogP contribution in [0, 0.1) is 17.3 Å². The fourth-order valence-electron chi connectivity index (χ4n) is 6.53. The zero-order valence-electron chi connectivity index (χ0n) is 18.3. The summed E-state index contributed by atoms with van der Waals surface area (Å²) in [6, 6.07) is 17.3. The van der Waals surface area contributed by atoms with Crippen LogP contribution in [0.25, 0.3) is 0 Å². The van der Waals surface area contributed by atoms with E-state index >= 15 is 0 Å². The van der Waals surface area contributed by atoms with Crippen molar-refractivity contribution < 1.29 is 14.6 Å². The molecule has 2 saturated carbocycles. The second kappa shape index (κ2) is 8.27. The molecular formula is C28H32O3. The predicted molar refractivity (Wildman–Crippen MR) is 122 cm³/mol. The van der Waals surface area contributed by atoms with E-state index in [1.165, 1.54) is 22.3 Å². The molecule has 3 nitrogen and oxygen atoms in total. The number of benzene rings is 2. The van der Waals surface area contributed by atoms with Gasteiger partial charge in [0.15, 0.2) is 5.78 Å². The summed E-state index contributed by atoms with van der Waals surface area (Å²) in [5.41, 5.74) is 5.93. The summed E-state index contributed by atoms with van der Waals surface area (Å²) in [4.78, 5) is 12.8. The summed E-state index contributed by atoms with van der Waals surface area (Å²) in [5, 5.41) is 9.54. The Kier molecular flexibility index (Phi) is 5.47. The van der Waals surface area contributed by atoms with Crippen molar-refractivity contribution in [3.63, 3.8) is 0 Å². The maximum Gasteiger partial charge on any atom is 0.168 e. The van der Waals surface area contributed by atoms with E-state index in [-0.39, 0.29) is 11.2 Å². The van der Waals surface area contributed by atoms with Crippen LogP contribution in [-0.2, 0) is 29.0 Å². The topological polar surface area (TPSA) is 46.5 Å². The van der Waals surface area contributed by atoms with E-state index in [0.717, 1.165) is 51.4 Å². The zero-order valence-corrected chi connectivity index (χ0v) is 18.3. The number of aryl methyl sites for hydroxylation is 1. The van der Waals surface area contributed by atoms with E-state index in [1.807, 2.05) is 18.2 Å². The van der Waals surface area contributed by atoms with Gasteiger partial charge in [-0.2, -0.15) is 0 Å². The van der Waals surface area contributed by atoms with Crippen LogP contribution in [0.4, 0.5) is 0 Å². The average Bonchev–Trinajstić information content (AvgIpc) is 3.07. The predicted octanol–water partition coefficient (Wildman–Crippen LogP) is 5.92. The van der Waals surface area contributed by atoms with Gasteiger partial charge < -0.3 is 9.84 Å². The van der Waals surface area contributed by atoms with Gasteiger partial charge in [0.1, 0.15) is 0 Å². The lowest BCUT2D eigenvalue weighted by molar-refractivity contribution is -0.127. The van der Waals surface area contributed by atoms with Crippen molar-refractivity contribution in [2.75, 3.05) is 6.61 Å². The highest BCUT2D eigenvalue weighted by Gasteiger charge is 2.56. The minimum atomic E-state index is -0.275. The van der Waals surface area contributed by atoms with Gasteiger partial charge in [-0.1, -0.05) is 55.5 Å². The molecule has 0 heterocycles. The van der Waals surface area contributed by atoms with Crippen LogP contribution in [0.5, 0.6) is 0 Å². The molecule has 0 bridgehead atoms. The smallest absolute Gasteiger partial charge is 0.168 e. The fraction of sp³-hybridized carbons (Fsp3) is 0.464. The molecule has 31 heavy (non-hydrogen) atoms. The third kappa shape index (κ3) is 3.63. The van der Waals surface area contributed by atoms with Crippen molar-refractivity contribution in [2.24, 2.45) is 17.3 Å². The van der Waals surface area contributed by atoms with E-state index in [2.05, 4.69) is 37.3 Å². The molecule has 0 saturated heterocycles. The number of allylic oxidation sites excluding steroid dienone is 1. The van der Waals surface area contributed by atoms with Crippen molar-refractivity contribution in [3.05, 3.63) is 82.6 Å². The Morgan fingerprint density at radius 3 is 2.77 bits per heavy atom. The second-order valence-corrected chi connectivity index (χ2v) is 9.88. The number of ketones is 1. The van der Waals surface area contributed by atoms with Crippen LogP contribution < -0.4 is 0 Å². The number of Topliss-reactive ketones (excluding diaryl/α,β-unsaturated/α-hetero) is 1. The van der Waals surface area contributed by atoms with Crippen molar-refractivity contribution in [2.45, 2.75) is 58.0 Å². The number of rotatable bonds is 5. The number of fused-ring (bicyclic) bond motifs is 5. The van der Waals surface area contributed by atoms with Crippen molar-refractivity contribution in [1.29, 1.82) is 0 Å². The van der Waals surface area contributed by atoms with Crippen molar-refractivity contribution in [1.82, 2.24) is 0 Å². The zero-order chi connectivity index (χ0) is 21.4. The van der Waals surface area contributed by atoms with Crippen LogP contribution in [0.3, 0.4) is 0 Å². The average molecular weight is 417 g/mol. The van der Waals surface area contributed by atoms with Gasteiger partial charge >= 0.3 is 0 Å². The van der Waals surface area contributed by atoms with Gasteiger partial charge in [-0.3, -0.25) is 4.79 Å². The monoisotopic (exact) mass is 416 g/mol. The van der Waals surface area contributed by atoms with E-state index in [1.54, 1.807) is 0 Å². The minimum Gasteiger partial charge on any atom is -0.515 e. The SMILES string of the molecule is C[C@]12CC[C@@H]3c4ccc(CCOCc5ccccc5)cc4CC[C@H]3[C@@H]1CC(=CO)C2=O. The van der Waals surface area contributed by atoms with Gasteiger partial charge in [-0.05, 0) is 78.5 Å².